The van der Waals surface area contributed by atoms with Crippen molar-refractivity contribution in [1.82, 2.24) is 5.32 Å². The van der Waals surface area contributed by atoms with E-state index in [-0.39, 0.29) is 6.04 Å². The third-order valence-corrected chi connectivity index (χ3v) is 3.91. The first-order valence-electron chi connectivity index (χ1n) is 7.47. The van der Waals surface area contributed by atoms with Gasteiger partial charge in [0.1, 0.15) is 0 Å². The van der Waals surface area contributed by atoms with Crippen LogP contribution in [-0.2, 0) is 4.74 Å². The van der Waals surface area contributed by atoms with Crippen LogP contribution in [0.25, 0.3) is 11.1 Å². The van der Waals surface area contributed by atoms with E-state index in [0.717, 1.165) is 18.7 Å². The molecule has 1 heterocycles. The second-order valence-electron chi connectivity index (χ2n) is 5.47. The highest BCUT2D eigenvalue weighted by Crippen LogP contribution is 2.24. The number of hydrogen-bond donors (Lipinski definition) is 2. The van der Waals surface area contributed by atoms with Crippen molar-refractivity contribution >= 4 is 0 Å². The number of rotatable bonds is 4. The Morgan fingerprint density at radius 3 is 2.43 bits per heavy atom. The molecule has 0 saturated carbocycles. The van der Waals surface area contributed by atoms with E-state index in [0.29, 0.717) is 13.0 Å². The molecule has 1 saturated heterocycles. The summed E-state index contributed by atoms with van der Waals surface area (Å²) in [5.74, 6) is 0. The van der Waals surface area contributed by atoms with Crippen molar-refractivity contribution in [3.63, 3.8) is 0 Å². The zero-order valence-corrected chi connectivity index (χ0v) is 12.0. The lowest BCUT2D eigenvalue weighted by Crippen LogP contribution is -2.42. The molecule has 3 rings (SSSR count). The molecule has 2 N–H and O–H groups in total. The summed E-state index contributed by atoms with van der Waals surface area (Å²) in [4.78, 5) is 0. The number of nitrogens with one attached hydrogen (secondary N) is 1. The Morgan fingerprint density at radius 2 is 1.76 bits per heavy atom. The molecule has 2 atom stereocenters. The lowest BCUT2D eigenvalue weighted by atomic mass is 9.98. The standard InChI is InChI=1S/C18H21NO2/c20-18(12-17-13-21-11-10-19-17)16-8-6-15(7-9-16)14-4-2-1-3-5-14/h1-9,17-20H,10-13H2. The molecule has 110 valence electrons. The third-order valence-electron chi connectivity index (χ3n) is 3.91. The van der Waals surface area contributed by atoms with E-state index in [1.54, 1.807) is 0 Å². The van der Waals surface area contributed by atoms with Crippen molar-refractivity contribution in [2.75, 3.05) is 19.8 Å². The van der Waals surface area contributed by atoms with Gasteiger partial charge in [0, 0.05) is 12.6 Å². The molecule has 1 aliphatic heterocycles. The van der Waals surface area contributed by atoms with Gasteiger partial charge < -0.3 is 15.2 Å². The van der Waals surface area contributed by atoms with Gasteiger partial charge in [0.2, 0.25) is 0 Å². The van der Waals surface area contributed by atoms with Crippen LogP contribution in [0.4, 0.5) is 0 Å². The van der Waals surface area contributed by atoms with E-state index in [4.69, 9.17) is 4.74 Å². The van der Waals surface area contributed by atoms with Crippen LogP contribution in [0.3, 0.4) is 0 Å². The number of aliphatic hydroxyl groups is 1. The maximum Gasteiger partial charge on any atom is 0.0805 e. The van der Waals surface area contributed by atoms with Gasteiger partial charge >= 0.3 is 0 Å². The van der Waals surface area contributed by atoms with Gasteiger partial charge in [-0.15, -0.1) is 0 Å². The lowest BCUT2D eigenvalue weighted by molar-refractivity contribution is 0.0519. The van der Waals surface area contributed by atoms with E-state index >= 15 is 0 Å². The van der Waals surface area contributed by atoms with Gasteiger partial charge in [0.25, 0.3) is 0 Å². The molecule has 21 heavy (non-hydrogen) atoms. The van der Waals surface area contributed by atoms with Gasteiger partial charge in [-0.25, -0.2) is 0 Å². The molecule has 3 heteroatoms. The Hall–Kier alpha value is -1.68. The van der Waals surface area contributed by atoms with Crippen molar-refractivity contribution in [1.29, 1.82) is 0 Å². The average Bonchev–Trinajstić information content (AvgIpc) is 2.57. The molecular formula is C18H21NO2. The fraction of sp³-hybridized carbons (Fsp3) is 0.333. The van der Waals surface area contributed by atoms with Crippen LogP contribution in [-0.4, -0.2) is 30.9 Å². The lowest BCUT2D eigenvalue weighted by Gasteiger charge is -2.26. The molecule has 0 aromatic heterocycles. The van der Waals surface area contributed by atoms with E-state index in [9.17, 15) is 5.11 Å². The molecule has 2 unspecified atom stereocenters. The number of morpholine rings is 1. The predicted molar refractivity (Wildman–Crippen MR) is 84.1 cm³/mol. The summed E-state index contributed by atoms with van der Waals surface area (Å²) in [6.45, 7) is 2.31. The van der Waals surface area contributed by atoms with Crippen LogP contribution in [0.15, 0.2) is 54.6 Å². The minimum Gasteiger partial charge on any atom is -0.388 e. The van der Waals surface area contributed by atoms with Crippen LogP contribution in [0.5, 0.6) is 0 Å². The van der Waals surface area contributed by atoms with Gasteiger partial charge in [-0.1, -0.05) is 54.6 Å². The van der Waals surface area contributed by atoms with E-state index in [2.05, 4.69) is 29.6 Å². The first kappa shape index (κ1) is 14.3. The molecule has 1 aliphatic rings. The summed E-state index contributed by atoms with van der Waals surface area (Å²) in [5, 5.41) is 13.7. The van der Waals surface area contributed by atoms with E-state index in [1.807, 2.05) is 30.3 Å². The monoisotopic (exact) mass is 283 g/mol. The van der Waals surface area contributed by atoms with Crippen molar-refractivity contribution in [3.05, 3.63) is 60.2 Å². The summed E-state index contributed by atoms with van der Waals surface area (Å²) in [5.41, 5.74) is 3.33. The molecule has 0 bridgehead atoms. The number of ether oxygens (including phenoxy) is 1. The van der Waals surface area contributed by atoms with Crippen LogP contribution in [0.1, 0.15) is 18.1 Å². The molecule has 2 aromatic carbocycles. The SMILES string of the molecule is OC(CC1COCCN1)c1ccc(-c2ccccc2)cc1. The van der Waals surface area contributed by atoms with Crippen LogP contribution in [0, 0.1) is 0 Å². The second-order valence-corrected chi connectivity index (χ2v) is 5.47. The summed E-state index contributed by atoms with van der Waals surface area (Å²) < 4.78 is 5.42. The Bertz CT molecular complexity index is 547. The molecule has 1 fully saturated rings. The summed E-state index contributed by atoms with van der Waals surface area (Å²) in [7, 11) is 0. The third kappa shape index (κ3) is 3.70. The number of aliphatic hydroxyl groups excluding tert-OH is 1. The minimum atomic E-state index is -0.450. The molecule has 0 amide bonds. The highest BCUT2D eigenvalue weighted by molar-refractivity contribution is 5.63. The Morgan fingerprint density at radius 1 is 1.05 bits per heavy atom. The van der Waals surface area contributed by atoms with E-state index in [1.165, 1.54) is 11.1 Å². The average molecular weight is 283 g/mol. The largest absolute Gasteiger partial charge is 0.388 e. The summed E-state index contributed by atoms with van der Waals surface area (Å²) >= 11 is 0. The van der Waals surface area contributed by atoms with Crippen molar-refractivity contribution < 1.29 is 9.84 Å². The molecule has 3 nitrogen and oxygen atoms in total. The van der Waals surface area contributed by atoms with Gasteiger partial charge in [0.05, 0.1) is 19.3 Å². The Balaban J connectivity index is 1.66. The molecule has 2 aromatic rings. The number of benzene rings is 2. The van der Waals surface area contributed by atoms with Gasteiger partial charge in [-0.05, 0) is 23.1 Å². The second kappa shape index (κ2) is 6.85. The first-order chi connectivity index (χ1) is 10.3. The maximum absolute atomic E-state index is 10.3. The minimum absolute atomic E-state index is 0.238. The molecule has 0 aliphatic carbocycles. The highest BCUT2D eigenvalue weighted by atomic mass is 16.5. The Kier molecular flexibility index (Phi) is 4.65. The van der Waals surface area contributed by atoms with Crippen molar-refractivity contribution in [2.45, 2.75) is 18.6 Å². The van der Waals surface area contributed by atoms with Crippen LogP contribution in [0.2, 0.25) is 0 Å². The van der Waals surface area contributed by atoms with Gasteiger partial charge in [0.15, 0.2) is 0 Å². The predicted octanol–water partition coefficient (Wildman–Crippen LogP) is 2.77. The van der Waals surface area contributed by atoms with Gasteiger partial charge in [-0.3, -0.25) is 0 Å². The van der Waals surface area contributed by atoms with Crippen LogP contribution < -0.4 is 5.32 Å². The van der Waals surface area contributed by atoms with E-state index < -0.39 is 6.10 Å². The van der Waals surface area contributed by atoms with Crippen LogP contribution >= 0.6 is 0 Å². The summed E-state index contributed by atoms with van der Waals surface area (Å²) in [6, 6.07) is 18.7. The molecule has 0 radical (unpaired) electrons. The van der Waals surface area contributed by atoms with Gasteiger partial charge in [-0.2, -0.15) is 0 Å². The molecule has 0 spiro atoms. The summed E-state index contributed by atoms with van der Waals surface area (Å²) in [6.07, 6.45) is 0.235. The number of hydrogen-bond acceptors (Lipinski definition) is 3. The highest BCUT2D eigenvalue weighted by Gasteiger charge is 2.18. The fourth-order valence-electron chi connectivity index (χ4n) is 2.71. The Labute approximate surface area is 125 Å². The molecular weight excluding hydrogens is 262 g/mol. The topological polar surface area (TPSA) is 41.5 Å². The smallest absolute Gasteiger partial charge is 0.0805 e. The van der Waals surface area contributed by atoms with Crippen molar-refractivity contribution in [2.24, 2.45) is 0 Å². The zero-order chi connectivity index (χ0) is 14.5. The normalized spacial score (nSPS) is 20.1. The zero-order valence-electron chi connectivity index (χ0n) is 12.0. The first-order valence-corrected chi connectivity index (χ1v) is 7.47. The maximum atomic E-state index is 10.3. The van der Waals surface area contributed by atoms with Crippen molar-refractivity contribution in [3.8, 4) is 11.1 Å². The fourth-order valence-corrected chi connectivity index (χ4v) is 2.71. The quantitative estimate of drug-likeness (QED) is 0.906.